The smallest absolute Gasteiger partial charge is 0.349 e. The van der Waals surface area contributed by atoms with Gasteiger partial charge in [-0.2, -0.15) is 5.10 Å². The Kier molecular flexibility index (Phi) is 4.17. The molecule has 0 fully saturated rings. The van der Waals surface area contributed by atoms with Crippen molar-refractivity contribution in [1.82, 2.24) is 9.78 Å². The van der Waals surface area contributed by atoms with E-state index in [1.54, 1.807) is 22.9 Å². The maximum absolute atomic E-state index is 13.0. The first kappa shape index (κ1) is 17.9. The molecule has 3 aromatic carbocycles. The molecule has 0 aliphatic heterocycles. The van der Waals surface area contributed by atoms with Crippen LogP contribution in [0.2, 0.25) is 0 Å². The Bertz CT molecular complexity index is 1470. The van der Waals surface area contributed by atoms with Crippen molar-refractivity contribution in [3.63, 3.8) is 0 Å². The maximum Gasteiger partial charge on any atom is 0.349 e. The van der Waals surface area contributed by atoms with E-state index in [0.29, 0.717) is 16.8 Å². The van der Waals surface area contributed by atoms with E-state index in [2.05, 4.69) is 10.4 Å². The summed E-state index contributed by atoms with van der Waals surface area (Å²) in [7, 11) is 0. The largest absolute Gasteiger partial charge is 0.422 e. The molecule has 146 valence electrons. The number of hydrogen-bond donors (Lipinski definition) is 1. The number of benzene rings is 3. The summed E-state index contributed by atoms with van der Waals surface area (Å²) < 4.78 is 7.07. The Labute approximate surface area is 171 Å². The summed E-state index contributed by atoms with van der Waals surface area (Å²) in [5.74, 6) is -0.0724. The predicted octanol–water partition coefficient (Wildman–Crippen LogP) is 4.69. The van der Waals surface area contributed by atoms with E-state index in [9.17, 15) is 9.59 Å². The van der Waals surface area contributed by atoms with Crippen LogP contribution in [0.4, 0.5) is 5.82 Å². The van der Waals surface area contributed by atoms with Crippen LogP contribution in [-0.2, 0) is 0 Å². The van der Waals surface area contributed by atoms with Gasteiger partial charge in [0.05, 0.1) is 11.4 Å². The van der Waals surface area contributed by atoms with Crippen molar-refractivity contribution in [3.8, 4) is 5.69 Å². The highest BCUT2D eigenvalue weighted by atomic mass is 16.4. The number of nitrogens with one attached hydrogen (secondary N) is 1. The van der Waals surface area contributed by atoms with Crippen molar-refractivity contribution >= 4 is 33.5 Å². The molecular formula is C24H17N3O3. The highest BCUT2D eigenvalue weighted by molar-refractivity contribution is 6.10. The van der Waals surface area contributed by atoms with Crippen molar-refractivity contribution in [2.75, 3.05) is 5.32 Å². The van der Waals surface area contributed by atoms with Crippen LogP contribution in [0.1, 0.15) is 16.1 Å². The highest BCUT2D eigenvalue weighted by Gasteiger charge is 2.18. The standard InChI is InChI=1S/C24H17N3O3/c1-15-13-22(27(26-15)17-8-3-2-4-9-17)25-23(28)20-14-19-18-10-6-5-7-16(18)11-12-21(19)30-24(20)29/h2-14H,1H3,(H,25,28). The summed E-state index contributed by atoms with van der Waals surface area (Å²) in [6.45, 7) is 1.84. The van der Waals surface area contributed by atoms with Gasteiger partial charge in [-0.3, -0.25) is 4.79 Å². The molecule has 6 heteroatoms. The summed E-state index contributed by atoms with van der Waals surface area (Å²) >= 11 is 0. The number of aromatic nitrogens is 2. The molecule has 5 aromatic rings. The molecule has 0 radical (unpaired) electrons. The third kappa shape index (κ3) is 3.04. The molecule has 0 saturated carbocycles. The van der Waals surface area contributed by atoms with E-state index in [1.807, 2.05) is 67.6 Å². The average Bonchev–Trinajstić information content (AvgIpc) is 3.13. The van der Waals surface area contributed by atoms with Crippen LogP contribution in [0.5, 0.6) is 0 Å². The minimum atomic E-state index is -0.683. The second-order valence-corrected chi connectivity index (χ2v) is 7.02. The molecule has 30 heavy (non-hydrogen) atoms. The first-order valence-corrected chi connectivity index (χ1v) is 9.49. The number of carbonyl (C=O) groups excluding carboxylic acids is 1. The van der Waals surface area contributed by atoms with Crippen LogP contribution < -0.4 is 10.9 Å². The van der Waals surface area contributed by atoms with Gasteiger partial charge in [0.2, 0.25) is 0 Å². The lowest BCUT2D eigenvalue weighted by Crippen LogP contribution is -2.22. The molecule has 0 saturated heterocycles. The third-order valence-electron chi connectivity index (χ3n) is 4.96. The zero-order chi connectivity index (χ0) is 20.7. The van der Waals surface area contributed by atoms with Crippen LogP contribution in [0, 0.1) is 6.92 Å². The van der Waals surface area contributed by atoms with E-state index in [-0.39, 0.29) is 5.56 Å². The Balaban J connectivity index is 1.59. The van der Waals surface area contributed by atoms with E-state index >= 15 is 0 Å². The third-order valence-corrected chi connectivity index (χ3v) is 4.96. The number of anilines is 1. The van der Waals surface area contributed by atoms with E-state index in [4.69, 9.17) is 4.42 Å². The van der Waals surface area contributed by atoms with Crippen molar-refractivity contribution < 1.29 is 9.21 Å². The Morgan fingerprint density at radius 1 is 0.933 bits per heavy atom. The first-order chi connectivity index (χ1) is 14.6. The highest BCUT2D eigenvalue weighted by Crippen LogP contribution is 2.25. The minimum absolute atomic E-state index is 0.0580. The Hall–Kier alpha value is -4.19. The second-order valence-electron chi connectivity index (χ2n) is 7.02. The van der Waals surface area contributed by atoms with Gasteiger partial charge in [-0.15, -0.1) is 0 Å². The van der Waals surface area contributed by atoms with E-state index in [0.717, 1.165) is 22.2 Å². The van der Waals surface area contributed by atoms with Gasteiger partial charge >= 0.3 is 5.63 Å². The summed E-state index contributed by atoms with van der Waals surface area (Å²) in [4.78, 5) is 25.5. The van der Waals surface area contributed by atoms with Crippen LogP contribution in [-0.4, -0.2) is 15.7 Å². The number of rotatable bonds is 3. The fourth-order valence-corrected chi connectivity index (χ4v) is 3.57. The van der Waals surface area contributed by atoms with Crippen LogP contribution in [0.25, 0.3) is 27.4 Å². The Morgan fingerprint density at radius 3 is 2.53 bits per heavy atom. The number of fused-ring (bicyclic) bond motifs is 3. The average molecular weight is 395 g/mol. The number of aryl methyl sites for hydroxylation is 1. The van der Waals surface area contributed by atoms with Crippen LogP contribution in [0.15, 0.2) is 88.1 Å². The van der Waals surface area contributed by atoms with Gasteiger partial charge in [-0.25, -0.2) is 9.48 Å². The van der Waals surface area contributed by atoms with Crippen molar-refractivity contribution in [2.45, 2.75) is 6.92 Å². The second kappa shape index (κ2) is 7.00. The molecule has 0 aliphatic rings. The van der Waals surface area contributed by atoms with Crippen LogP contribution >= 0.6 is 0 Å². The molecule has 0 bridgehead atoms. The van der Waals surface area contributed by atoms with Gasteiger partial charge in [0, 0.05) is 11.5 Å². The first-order valence-electron chi connectivity index (χ1n) is 9.49. The molecular weight excluding hydrogens is 378 g/mol. The topological polar surface area (TPSA) is 77.1 Å². The van der Waals surface area contributed by atoms with Gasteiger partial charge < -0.3 is 9.73 Å². The van der Waals surface area contributed by atoms with Crippen molar-refractivity contribution in [2.24, 2.45) is 0 Å². The lowest BCUT2D eigenvalue weighted by atomic mass is 10.0. The molecule has 2 aromatic heterocycles. The molecule has 5 rings (SSSR count). The molecule has 2 heterocycles. The van der Waals surface area contributed by atoms with Gasteiger partial charge in [-0.05, 0) is 42.0 Å². The summed E-state index contributed by atoms with van der Waals surface area (Å²) in [6.07, 6.45) is 0. The van der Waals surface area contributed by atoms with Gasteiger partial charge in [0.1, 0.15) is 17.0 Å². The Morgan fingerprint density at radius 2 is 1.70 bits per heavy atom. The normalized spacial score (nSPS) is 11.1. The lowest BCUT2D eigenvalue weighted by molar-refractivity contribution is 0.102. The zero-order valence-electron chi connectivity index (χ0n) is 16.1. The monoisotopic (exact) mass is 395 g/mol. The molecule has 1 N–H and O–H groups in total. The minimum Gasteiger partial charge on any atom is -0.422 e. The molecule has 1 amide bonds. The number of nitrogens with zero attached hydrogens (tertiary/aromatic N) is 2. The lowest BCUT2D eigenvalue weighted by Gasteiger charge is -2.09. The fraction of sp³-hybridized carbons (Fsp3) is 0.0417. The zero-order valence-corrected chi connectivity index (χ0v) is 16.1. The predicted molar refractivity (Wildman–Crippen MR) is 116 cm³/mol. The number of amides is 1. The number of carbonyl (C=O) groups is 1. The molecule has 0 spiro atoms. The van der Waals surface area contributed by atoms with Crippen molar-refractivity contribution in [1.29, 1.82) is 0 Å². The van der Waals surface area contributed by atoms with E-state index < -0.39 is 11.5 Å². The summed E-state index contributed by atoms with van der Waals surface area (Å²) in [5, 5.41) is 9.87. The van der Waals surface area contributed by atoms with Gasteiger partial charge in [0.25, 0.3) is 5.91 Å². The fourth-order valence-electron chi connectivity index (χ4n) is 3.57. The van der Waals surface area contributed by atoms with Gasteiger partial charge in [-0.1, -0.05) is 48.5 Å². The summed E-state index contributed by atoms with van der Waals surface area (Å²) in [6, 6.07) is 24.2. The van der Waals surface area contributed by atoms with Crippen LogP contribution in [0.3, 0.4) is 0 Å². The molecule has 0 unspecified atom stereocenters. The molecule has 6 nitrogen and oxygen atoms in total. The van der Waals surface area contributed by atoms with E-state index in [1.165, 1.54) is 0 Å². The molecule has 0 aliphatic carbocycles. The quantitative estimate of drug-likeness (QED) is 0.355. The summed E-state index contributed by atoms with van der Waals surface area (Å²) in [5.41, 5.74) is 1.25. The van der Waals surface area contributed by atoms with Gasteiger partial charge in [0.15, 0.2) is 0 Å². The van der Waals surface area contributed by atoms with Crippen molar-refractivity contribution in [3.05, 3.63) is 101 Å². The maximum atomic E-state index is 13.0. The molecule has 0 atom stereocenters. The SMILES string of the molecule is Cc1cc(NC(=O)c2cc3c(ccc4ccccc43)oc2=O)n(-c2ccccc2)n1. The number of para-hydroxylation sites is 1. The number of hydrogen-bond acceptors (Lipinski definition) is 4.